The van der Waals surface area contributed by atoms with E-state index in [0.717, 1.165) is 11.3 Å². The number of carbonyl (C=O) groups excluding carboxylic acids is 2. The number of anilines is 1. The average Bonchev–Trinajstić information content (AvgIpc) is 2.63. The number of hydrogen-bond acceptors (Lipinski definition) is 4. The van der Waals surface area contributed by atoms with Gasteiger partial charge < -0.3 is 15.5 Å². The Balaban J connectivity index is 1.61. The zero-order valence-electron chi connectivity index (χ0n) is 14.3. The Bertz CT molecular complexity index is 765. The first-order chi connectivity index (χ1) is 12.0. The molecule has 0 saturated carbocycles. The van der Waals surface area contributed by atoms with Crippen LogP contribution in [-0.2, 0) is 11.2 Å². The van der Waals surface area contributed by atoms with E-state index in [-0.39, 0.29) is 5.91 Å². The Kier molecular flexibility index (Phi) is 4.97. The Hall–Kier alpha value is -2.89. The smallest absolute Gasteiger partial charge is 0.252 e. The van der Waals surface area contributed by atoms with Gasteiger partial charge in [-0.3, -0.25) is 14.6 Å². The van der Waals surface area contributed by atoms with Crippen molar-refractivity contribution in [2.75, 3.05) is 31.1 Å². The number of rotatable bonds is 4. The fraction of sp³-hybridized carbons (Fsp3) is 0.316. The lowest BCUT2D eigenvalue weighted by Gasteiger charge is -2.36. The maximum atomic E-state index is 12.5. The summed E-state index contributed by atoms with van der Waals surface area (Å²) < 4.78 is 0. The predicted octanol–water partition coefficient (Wildman–Crippen LogP) is 1.38. The van der Waals surface area contributed by atoms with Gasteiger partial charge >= 0.3 is 0 Å². The van der Waals surface area contributed by atoms with Crippen LogP contribution in [0.15, 0.2) is 42.7 Å². The third-order valence-electron chi connectivity index (χ3n) is 4.51. The maximum absolute atomic E-state index is 12.5. The van der Waals surface area contributed by atoms with E-state index in [4.69, 9.17) is 5.73 Å². The molecule has 1 fully saturated rings. The van der Waals surface area contributed by atoms with Crippen molar-refractivity contribution < 1.29 is 9.59 Å². The number of amides is 2. The van der Waals surface area contributed by atoms with Gasteiger partial charge in [-0.2, -0.15) is 0 Å². The summed E-state index contributed by atoms with van der Waals surface area (Å²) in [6.07, 6.45) is 3.56. The highest BCUT2D eigenvalue weighted by molar-refractivity contribution is 5.98. The van der Waals surface area contributed by atoms with Gasteiger partial charge in [0.05, 0.1) is 17.7 Å². The van der Waals surface area contributed by atoms with Gasteiger partial charge in [0.1, 0.15) is 0 Å². The molecule has 1 aliphatic rings. The first-order valence-electron chi connectivity index (χ1n) is 8.36. The molecule has 6 heteroatoms. The topological polar surface area (TPSA) is 79.5 Å². The van der Waals surface area contributed by atoms with Gasteiger partial charge in [-0.25, -0.2) is 0 Å². The fourth-order valence-corrected chi connectivity index (χ4v) is 3.04. The molecule has 25 heavy (non-hydrogen) atoms. The Morgan fingerprint density at radius 1 is 1.08 bits per heavy atom. The fourth-order valence-electron chi connectivity index (χ4n) is 3.04. The van der Waals surface area contributed by atoms with Gasteiger partial charge in [-0.05, 0) is 18.6 Å². The molecule has 6 nitrogen and oxygen atoms in total. The summed E-state index contributed by atoms with van der Waals surface area (Å²) in [5.74, 6) is -0.352. The van der Waals surface area contributed by atoms with Crippen molar-refractivity contribution in [3.8, 4) is 0 Å². The normalized spacial score (nSPS) is 14.4. The number of nitrogens with zero attached hydrogens (tertiary/aromatic N) is 3. The summed E-state index contributed by atoms with van der Waals surface area (Å²) in [5, 5.41) is 0. The summed E-state index contributed by atoms with van der Waals surface area (Å²) in [6, 6.07) is 9.84. The van der Waals surface area contributed by atoms with Gasteiger partial charge in [0, 0.05) is 38.6 Å². The minimum atomic E-state index is -0.485. The van der Waals surface area contributed by atoms with Crippen LogP contribution in [0.3, 0.4) is 0 Å². The minimum absolute atomic E-state index is 0.133. The number of carbonyl (C=O) groups is 2. The first-order valence-corrected chi connectivity index (χ1v) is 8.36. The standard InChI is InChI=1S/C19H22N4O2/c1-14-2-4-15(5-3-14)12-18(24)23-10-8-22(9-11-23)17-6-7-21-13-16(17)19(20)25/h2-7,13H,8-12H2,1H3,(H2,20,25). The molecule has 2 heterocycles. The number of piperazine rings is 1. The van der Waals surface area contributed by atoms with Crippen LogP contribution in [0, 0.1) is 6.92 Å². The monoisotopic (exact) mass is 338 g/mol. The van der Waals surface area contributed by atoms with Crippen LogP contribution in [0.1, 0.15) is 21.5 Å². The molecule has 1 aromatic carbocycles. The third-order valence-corrected chi connectivity index (χ3v) is 4.51. The van der Waals surface area contributed by atoms with Crippen LogP contribution in [0.5, 0.6) is 0 Å². The van der Waals surface area contributed by atoms with Crippen LogP contribution >= 0.6 is 0 Å². The van der Waals surface area contributed by atoms with Gasteiger partial charge in [-0.1, -0.05) is 29.8 Å². The number of hydrogen-bond donors (Lipinski definition) is 1. The third kappa shape index (κ3) is 3.96. The zero-order valence-corrected chi connectivity index (χ0v) is 14.3. The quantitative estimate of drug-likeness (QED) is 0.913. The zero-order chi connectivity index (χ0) is 17.8. The molecular weight excluding hydrogens is 316 g/mol. The van der Waals surface area contributed by atoms with Crippen molar-refractivity contribution in [1.29, 1.82) is 0 Å². The molecule has 0 spiro atoms. The van der Waals surface area contributed by atoms with Crippen LogP contribution in [0.4, 0.5) is 5.69 Å². The molecule has 0 bridgehead atoms. The molecule has 0 aliphatic carbocycles. The Labute approximate surface area is 147 Å². The van der Waals surface area contributed by atoms with Crippen molar-refractivity contribution >= 4 is 17.5 Å². The van der Waals surface area contributed by atoms with Crippen LogP contribution in [0.2, 0.25) is 0 Å². The average molecular weight is 338 g/mol. The minimum Gasteiger partial charge on any atom is -0.367 e. The number of nitrogens with two attached hydrogens (primary N) is 1. The predicted molar refractivity (Wildman–Crippen MR) is 96.4 cm³/mol. The van der Waals surface area contributed by atoms with E-state index in [9.17, 15) is 9.59 Å². The van der Waals surface area contributed by atoms with E-state index < -0.39 is 5.91 Å². The lowest BCUT2D eigenvalue weighted by Crippen LogP contribution is -2.49. The van der Waals surface area contributed by atoms with E-state index in [1.165, 1.54) is 11.8 Å². The number of pyridine rings is 1. The van der Waals surface area contributed by atoms with Gasteiger partial charge in [0.15, 0.2) is 0 Å². The molecule has 3 rings (SSSR count). The SMILES string of the molecule is Cc1ccc(CC(=O)N2CCN(c3ccncc3C(N)=O)CC2)cc1. The summed E-state index contributed by atoms with van der Waals surface area (Å²) in [5.41, 5.74) is 8.85. The Morgan fingerprint density at radius 3 is 2.40 bits per heavy atom. The van der Waals surface area contributed by atoms with Crippen LogP contribution < -0.4 is 10.6 Å². The largest absolute Gasteiger partial charge is 0.367 e. The second kappa shape index (κ2) is 7.34. The molecule has 2 N–H and O–H groups in total. The molecule has 1 saturated heterocycles. The number of aryl methyl sites for hydroxylation is 1. The molecule has 1 aliphatic heterocycles. The second-order valence-electron chi connectivity index (χ2n) is 6.29. The Morgan fingerprint density at radius 2 is 1.76 bits per heavy atom. The highest BCUT2D eigenvalue weighted by Gasteiger charge is 2.23. The number of benzene rings is 1. The molecule has 0 atom stereocenters. The van der Waals surface area contributed by atoms with Crippen molar-refractivity contribution in [2.24, 2.45) is 5.73 Å². The second-order valence-corrected chi connectivity index (χ2v) is 6.29. The number of primary amides is 1. The van der Waals surface area contributed by atoms with E-state index in [2.05, 4.69) is 9.88 Å². The molecule has 2 amide bonds. The number of aromatic nitrogens is 1. The van der Waals surface area contributed by atoms with Gasteiger partial charge in [0.2, 0.25) is 5.91 Å². The summed E-state index contributed by atoms with van der Waals surface area (Å²) >= 11 is 0. The van der Waals surface area contributed by atoms with E-state index in [1.807, 2.05) is 36.1 Å². The lowest BCUT2D eigenvalue weighted by atomic mass is 10.1. The molecule has 0 radical (unpaired) electrons. The van der Waals surface area contributed by atoms with Gasteiger partial charge in [-0.15, -0.1) is 0 Å². The highest BCUT2D eigenvalue weighted by atomic mass is 16.2. The molecule has 130 valence electrons. The first kappa shape index (κ1) is 17.0. The van der Waals surface area contributed by atoms with Crippen molar-refractivity contribution in [1.82, 2.24) is 9.88 Å². The van der Waals surface area contributed by atoms with Crippen molar-refractivity contribution in [2.45, 2.75) is 13.3 Å². The van der Waals surface area contributed by atoms with Crippen LogP contribution in [-0.4, -0.2) is 47.9 Å². The summed E-state index contributed by atoms with van der Waals surface area (Å²) in [6.45, 7) is 4.63. The lowest BCUT2D eigenvalue weighted by molar-refractivity contribution is -0.130. The van der Waals surface area contributed by atoms with Crippen LogP contribution in [0.25, 0.3) is 0 Å². The highest BCUT2D eigenvalue weighted by Crippen LogP contribution is 2.20. The van der Waals surface area contributed by atoms with E-state index >= 15 is 0 Å². The van der Waals surface area contributed by atoms with E-state index in [1.54, 1.807) is 12.3 Å². The van der Waals surface area contributed by atoms with E-state index in [0.29, 0.717) is 38.2 Å². The molecular formula is C19H22N4O2. The molecule has 1 aromatic heterocycles. The molecule has 0 unspecified atom stereocenters. The van der Waals surface area contributed by atoms with Crippen molar-refractivity contribution in [3.05, 3.63) is 59.4 Å². The molecule has 2 aromatic rings. The van der Waals surface area contributed by atoms with Crippen molar-refractivity contribution in [3.63, 3.8) is 0 Å². The van der Waals surface area contributed by atoms with Gasteiger partial charge in [0.25, 0.3) is 5.91 Å². The maximum Gasteiger partial charge on any atom is 0.252 e. The summed E-state index contributed by atoms with van der Waals surface area (Å²) in [7, 11) is 0. The summed E-state index contributed by atoms with van der Waals surface area (Å²) in [4.78, 5) is 32.0.